The van der Waals surface area contributed by atoms with Gasteiger partial charge in [-0.1, -0.05) is 75.4 Å². The molecule has 3 aliphatic heterocycles. The van der Waals surface area contributed by atoms with E-state index in [9.17, 15) is 19.8 Å². The number of aliphatic imine (C=N–C) groups is 1. The lowest BCUT2D eigenvalue weighted by molar-refractivity contribution is -0.284. The van der Waals surface area contributed by atoms with Gasteiger partial charge in [-0.15, -0.1) is 0 Å². The zero-order valence-electron chi connectivity index (χ0n) is 34.2. The summed E-state index contributed by atoms with van der Waals surface area (Å²) in [5.74, 6) is -2.57. The van der Waals surface area contributed by atoms with Gasteiger partial charge in [0.05, 0.1) is 36.9 Å². The van der Waals surface area contributed by atoms with Crippen LogP contribution >= 0.6 is 0 Å². The number of carbonyl (C=O) groups excluding carboxylic acids is 2. The topological polar surface area (TPSA) is 136 Å². The quantitative estimate of drug-likeness (QED) is 0.266. The molecular formula is C43H64N2O9. The maximum atomic E-state index is 13.8. The molecule has 2 fully saturated rings. The monoisotopic (exact) mass is 752 g/mol. The van der Waals surface area contributed by atoms with E-state index < -0.39 is 59.7 Å². The molecule has 0 aliphatic carbocycles. The number of ether oxygens (including phenoxy) is 5. The van der Waals surface area contributed by atoms with Crippen LogP contribution in [-0.2, 0) is 33.3 Å². The molecule has 54 heavy (non-hydrogen) atoms. The number of cyclic esters (lactones) is 1. The molecule has 0 aromatic heterocycles. The number of benzene rings is 1. The number of allylic oxidation sites excluding steroid dienone is 2. The number of rotatable bonds is 6. The van der Waals surface area contributed by atoms with Crippen LogP contribution in [0.2, 0.25) is 0 Å². The van der Waals surface area contributed by atoms with Crippen LogP contribution in [0.15, 0.2) is 64.7 Å². The maximum Gasteiger partial charge on any atom is 0.312 e. The predicted octanol–water partition coefficient (Wildman–Crippen LogP) is 5.93. The second-order valence-corrected chi connectivity index (χ2v) is 16.2. The molecule has 12 atom stereocenters. The standard InChI is InChI=1S/C43H64N2O9/c1-12-35-43(9,49)39-30(6)36(44-31(7)46)28(4)23-42(8,51-25-33(24-50-39)20-16-19-32-17-14-13-15-18-32)38(26(2)21-27(3)40(48)53-35)54-41-37(47)34(45(10)11)22-29(5)52-41/h13-21,27-30,34-35,37-39,41,47,49H,12,22-25H2,1-11H3/b19-16+,26-21-,33-20+,44-36?/t27?,28-,29-,30+,34+,35-,37-,38-,39-,41+,42-,43-/m1/s1. The third kappa shape index (κ3) is 10.6. The summed E-state index contributed by atoms with van der Waals surface area (Å²) >= 11 is 0. The van der Waals surface area contributed by atoms with Crippen molar-refractivity contribution in [3.8, 4) is 0 Å². The number of esters is 1. The molecule has 11 heteroatoms. The number of amides is 1. The van der Waals surface area contributed by atoms with Crippen LogP contribution in [0.5, 0.6) is 0 Å². The molecule has 0 radical (unpaired) electrons. The van der Waals surface area contributed by atoms with Gasteiger partial charge in [-0.2, -0.15) is 0 Å². The number of likely N-dealkylation sites (N-methyl/N-ethyl adjacent to an activating group) is 1. The number of aliphatic hydroxyl groups excluding tert-OH is 1. The summed E-state index contributed by atoms with van der Waals surface area (Å²) < 4.78 is 33.0. The largest absolute Gasteiger partial charge is 0.459 e. The van der Waals surface area contributed by atoms with Crippen LogP contribution in [0.1, 0.15) is 87.1 Å². The van der Waals surface area contributed by atoms with Crippen molar-refractivity contribution in [2.75, 3.05) is 27.3 Å². The number of nitrogens with zero attached hydrogens (tertiary/aromatic N) is 2. The first kappa shape index (κ1) is 43.7. The van der Waals surface area contributed by atoms with E-state index in [4.69, 9.17) is 23.7 Å². The second kappa shape index (κ2) is 18.7. The Bertz CT molecular complexity index is 1550. The molecule has 11 nitrogen and oxygen atoms in total. The van der Waals surface area contributed by atoms with Gasteiger partial charge in [-0.3, -0.25) is 9.59 Å². The van der Waals surface area contributed by atoms with Crippen molar-refractivity contribution >= 4 is 23.7 Å². The molecule has 2 N–H and O–H groups in total. The minimum atomic E-state index is -1.67. The van der Waals surface area contributed by atoms with Gasteiger partial charge in [-0.05, 0) is 90.6 Å². The molecule has 3 heterocycles. The van der Waals surface area contributed by atoms with Gasteiger partial charge >= 0.3 is 5.97 Å². The van der Waals surface area contributed by atoms with Gasteiger partial charge in [0.15, 0.2) is 6.29 Å². The summed E-state index contributed by atoms with van der Waals surface area (Å²) in [5.41, 5.74) is 0.215. The lowest BCUT2D eigenvalue weighted by atomic mass is 9.75. The summed E-state index contributed by atoms with van der Waals surface area (Å²) in [4.78, 5) is 33.1. The van der Waals surface area contributed by atoms with E-state index in [0.29, 0.717) is 30.5 Å². The third-order valence-electron chi connectivity index (χ3n) is 11.1. The molecule has 4 rings (SSSR count). The van der Waals surface area contributed by atoms with Crippen LogP contribution in [-0.4, -0.2) is 114 Å². The predicted molar refractivity (Wildman–Crippen MR) is 210 cm³/mol. The molecule has 300 valence electrons. The van der Waals surface area contributed by atoms with Crippen LogP contribution in [0.3, 0.4) is 0 Å². The van der Waals surface area contributed by atoms with Crippen LogP contribution < -0.4 is 0 Å². The van der Waals surface area contributed by atoms with Gasteiger partial charge in [0, 0.05) is 24.6 Å². The molecule has 0 saturated carbocycles. The molecule has 3 aliphatic rings. The highest BCUT2D eigenvalue weighted by atomic mass is 16.7. The van der Waals surface area contributed by atoms with Crippen molar-refractivity contribution in [3.63, 3.8) is 0 Å². The molecule has 1 aromatic carbocycles. The SMILES string of the molecule is CC[C@H]1OC(=O)C(C)/C=C(/C)[C@@H](O[C@@H]2O[C@H](C)C[C@H](N(C)C)[C@H]2O)[C@@]2(C)C[C@@H](C)C(=NC(C)=O)[C@H](C)[C@@H](OC/C(=C\C=C\c3ccccc3)CO2)[C@]1(C)O. The van der Waals surface area contributed by atoms with E-state index in [-0.39, 0.29) is 37.2 Å². The van der Waals surface area contributed by atoms with Crippen molar-refractivity contribution in [2.24, 2.45) is 22.7 Å². The van der Waals surface area contributed by atoms with Gasteiger partial charge in [0.2, 0.25) is 5.91 Å². The Balaban J connectivity index is 1.96. The van der Waals surface area contributed by atoms with E-state index in [2.05, 4.69) is 4.99 Å². The van der Waals surface area contributed by atoms with E-state index in [1.165, 1.54) is 6.92 Å². The van der Waals surface area contributed by atoms with E-state index >= 15 is 0 Å². The average molecular weight is 753 g/mol. The van der Waals surface area contributed by atoms with Crippen LogP contribution in [0, 0.1) is 17.8 Å². The Kier molecular flexibility index (Phi) is 15.2. The van der Waals surface area contributed by atoms with E-state index in [0.717, 1.165) is 11.1 Å². The first-order valence-electron chi connectivity index (χ1n) is 19.4. The van der Waals surface area contributed by atoms with Crippen molar-refractivity contribution < 1.29 is 43.5 Å². The summed E-state index contributed by atoms with van der Waals surface area (Å²) in [6.07, 6.45) is 4.06. The smallest absolute Gasteiger partial charge is 0.312 e. The fourth-order valence-electron chi connectivity index (χ4n) is 8.34. The van der Waals surface area contributed by atoms with Gasteiger partial charge in [0.1, 0.15) is 23.9 Å². The van der Waals surface area contributed by atoms with Crippen molar-refractivity contribution in [2.45, 2.75) is 136 Å². The fraction of sp³-hybridized carbons (Fsp3) is 0.651. The molecule has 1 unspecified atom stereocenters. The second-order valence-electron chi connectivity index (χ2n) is 16.2. The third-order valence-corrected chi connectivity index (χ3v) is 11.1. The maximum absolute atomic E-state index is 13.8. The van der Waals surface area contributed by atoms with Gasteiger partial charge in [0.25, 0.3) is 0 Å². The van der Waals surface area contributed by atoms with Crippen LogP contribution in [0.4, 0.5) is 0 Å². The van der Waals surface area contributed by atoms with E-state index in [1.807, 2.05) is 109 Å². The number of fused-ring (bicyclic) bond motifs is 5. The molecule has 2 saturated heterocycles. The summed E-state index contributed by atoms with van der Waals surface area (Å²) in [6.45, 7) is 16.5. The summed E-state index contributed by atoms with van der Waals surface area (Å²) in [5, 5.41) is 24.0. The molecule has 0 spiro atoms. The number of hydrogen-bond acceptors (Lipinski definition) is 10. The number of aliphatic hydroxyl groups is 2. The molecular weight excluding hydrogens is 688 g/mol. The average Bonchev–Trinajstić information content (AvgIpc) is 3.12. The molecule has 1 amide bonds. The van der Waals surface area contributed by atoms with Crippen molar-refractivity contribution in [3.05, 3.63) is 65.3 Å². The highest BCUT2D eigenvalue weighted by Crippen LogP contribution is 2.40. The first-order chi connectivity index (χ1) is 25.4. The lowest BCUT2D eigenvalue weighted by Crippen LogP contribution is -2.58. The molecule has 1 aromatic rings. The summed E-state index contributed by atoms with van der Waals surface area (Å²) in [6, 6.07) is 9.72. The highest BCUT2D eigenvalue weighted by Gasteiger charge is 2.50. The zero-order chi connectivity index (χ0) is 40.0. The van der Waals surface area contributed by atoms with Gasteiger partial charge < -0.3 is 38.8 Å². The van der Waals surface area contributed by atoms with E-state index in [1.54, 1.807) is 19.9 Å². The Morgan fingerprint density at radius 1 is 1.11 bits per heavy atom. The van der Waals surface area contributed by atoms with Crippen molar-refractivity contribution in [1.82, 2.24) is 4.90 Å². The fourth-order valence-corrected chi connectivity index (χ4v) is 8.34. The Morgan fingerprint density at radius 2 is 1.80 bits per heavy atom. The van der Waals surface area contributed by atoms with Crippen LogP contribution in [0.25, 0.3) is 6.08 Å². The molecule has 2 bridgehead atoms. The minimum absolute atomic E-state index is 0.0652. The summed E-state index contributed by atoms with van der Waals surface area (Å²) in [7, 11) is 3.85. The normalized spacial score (nSPS) is 40.1. The lowest BCUT2D eigenvalue weighted by Gasteiger charge is -2.46. The number of carbonyl (C=O) groups is 2. The zero-order valence-corrected chi connectivity index (χ0v) is 34.2. The Morgan fingerprint density at radius 3 is 2.43 bits per heavy atom. The van der Waals surface area contributed by atoms with Gasteiger partial charge in [-0.25, -0.2) is 4.99 Å². The highest BCUT2D eigenvalue weighted by molar-refractivity contribution is 5.97. The van der Waals surface area contributed by atoms with Crippen molar-refractivity contribution in [1.29, 1.82) is 0 Å². The first-order valence-corrected chi connectivity index (χ1v) is 19.4. The minimum Gasteiger partial charge on any atom is -0.459 e. The Labute approximate surface area is 322 Å². The number of hydrogen-bond donors (Lipinski definition) is 2. The Hall–Kier alpha value is -3.03.